The Morgan fingerprint density at radius 2 is 2.15 bits per heavy atom. The molecule has 0 bridgehead atoms. The minimum Gasteiger partial charge on any atom is -0.487 e. The van der Waals surface area contributed by atoms with Crippen molar-refractivity contribution in [2.24, 2.45) is 7.05 Å². The molecule has 0 saturated carbocycles. The van der Waals surface area contributed by atoms with Crippen molar-refractivity contribution in [3.8, 4) is 17.0 Å². The summed E-state index contributed by atoms with van der Waals surface area (Å²) in [5.74, 6) is 0.665. The maximum Gasteiger partial charge on any atom is 0.290 e. The average Bonchev–Trinajstić information content (AvgIpc) is 3.22. The van der Waals surface area contributed by atoms with Gasteiger partial charge in [-0.1, -0.05) is 23.4 Å². The van der Waals surface area contributed by atoms with Gasteiger partial charge in [-0.3, -0.25) is 9.48 Å². The lowest BCUT2D eigenvalue weighted by molar-refractivity contribution is 0.0609. The van der Waals surface area contributed by atoms with E-state index in [2.05, 4.69) is 15.6 Å². The molecule has 3 aromatic rings. The van der Waals surface area contributed by atoms with Crippen molar-refractivity contribution in [1.29, 1.82) is 0 Å². The van der Waals surface area contributed by atoms with E-state index in [4.69, 9.17) is 9.26 Å². The summed E-state index contributed by atoms with van der Waals surface area (Å²) in [7, 11) is 1.82. The Balaban J connectivity index is 1.56. The molecule has 0 aliphatic carbocycles. The first-order valence-electron chi connectivity index (χ1n) is 8.46. The summed E-state index contributed by atoms with van der Waals surface area (Å²) < 4.78 is 12.9. The number of hydrogen-bond acceptors (Lipinski definition) is 5. The molecule has 1 N–H and O–H groups in total. The fourth-order valence-corrected chi connectivity index (χ4v) is 3.23. The van der Waals surface area contributed by atoms with E-state index in [-0.39, 0.29) is 23.3 Å². The third-order valence-corrected chi connectivity index (χ3v) is 4.42. The van der Waals surface area contributed by atoms with Crippen molar-refractivity contribution in [2.75, 3.05) is 0 Å². The van der Waals surface area contributed by atoms with E-state index >= 15 is 0 Å². The second-order valence-corrected chi connectivity index (χ2v) is 7.11. The highest BCUT2D eigenvalue weighted by Gasteiger charge is 2.34. The van der Waals surface area contributed by atoms with Gasteiger partial charge in [-0.2, -0.15) is 5.10 Å². The van der Waals surface area contributed by atoms with E-state index in [1.807, 2.05) is 51.4 Å². The molecule has 7 heteroatoms. The van der Waals surface area contributed by atoms with Crippen LogP contribution < -0.4 is 10.1 Å². The molecule has 2 aromatic heterocycles. The van der Waals surface area contributed by atoms with Gasteiger partial charge in [0.05, 0.1) is 12.2 Å². The van der Waals surface area contributed by atoms with Crippen LogP contribution in [0, 0.1) is 0 Å². The van der Waals surface area contributed by atoms with Gasteiger partial charge in [-0.15, -0.1) is 0 Å². The Morgan fingerprint density at radius 1 is 1.35 bits per heavy atom. The molecule has 26 heavy (non-hydrogen) atoms. The molecule has 1 aliphatic heterocycles. The molecule has 4 rings (SSSR count). The number of aromatic nitrogens is 3. The molecule has 0 unspecified atom stereocenters. The van der Waals surface area contributed by atoms with Gasteiger partial charge in [0.2, 0.25) is 5.76 Å². The molecule has 3 heterocycles. The summed E-state index contributed by atoms with van der Waals surface area (Å²) in [6.45, 7) is 4.02. The van der Waals surface area contributed by atoms with Gasteiger partial charge in [0.1, 0.15) is 17.0 Å². The molecule has 134 valence electrons. The Labute approximate surface area is 150 Å². The Hall–Kier alpha value is -3.09. The van der Waals surface area contributed by atoms with E-state index in [9.17, 15) is 4.79 Å². The Kier molecular flexibility index (Phi) is 3.79. The Morgan fingerprint density at radius 3 is 2.92 bits per heavy atom. The zero-order chi connectivity index (χ0) is 18.3. The highest BCUT2D eigenvalue weighted by atomic mass is 16.5. The highest BCUT2D eigenvalue weighted by Crippen LogP contribution is 2.39. The lowest BCUT2D eigenvalue weighted by Gasteiger charge is -2.37. The molecule has 7 nitrogen and oxygen atoms in total. The number of benzene rings is 1. The van der Waals surface area contributed by atoms with Crippen LogP contribution in [0.3, 0.4) is 0 Å². The number of hydrogen-bond donors (Lipinski definition) is 1. The van der Waals surface area contributed by atoms with E-state index in [1.165, 1.54) is 0 Å². The first-order valence-corrected chi connectivity index (χ1v) is 8.46. The van der Waals surface area contributed by atoms with Crippen LogP contribution in [-0.4, -0.2) is 26.4 Å². The monoisotopic (exact) mass is 352 g/mol. The van der Waals surface area contributed by atoms with Crippen LogP contribution in [0.15, 0.2) is 47.2 Å². The molecule has 0 radical (unpaired) electrons. The molecule has 0 fully saturated rings. The number of rotatable bonds is 3. The standard InChI is InChI=1S/C19H20N4O3/c1-19(2)9-15(13-6-4-5-7-16(13)25-19)21-18(24)17-8-14(22-26-17)12-10-20-23(3)11-12/h4-8,10-11,15H,9H2,1-3H3,(H,21,24)/t15-/m1/s1. The molecule has 1 aromatic carbocycles. The number of aryl methyl sites for hydroxylation is 1. The zero-order valence-corrected chi connectivity index (χ0v) is 14.9. The van der Waals surface area contributed by atoms with Crippen LogP contribution in [0.4, 0.5) is 0 Å². The van der Waals surface area contributed by atoms with Crippen LogP contribution in [0.1, 0.15) is 42.4 Å². The van der Waals surface area contributed by atoms with Crippen LogP contribution >= 0.6 is 0 Å². The van der Waals surface area contributed by atoms with Crippen molar-refractivity contribution in [3.05, 3.63) is 54.0 Å². The number of carbonyl (C=O) groups excluding carboxylic acids is 1. The quantitative estimate of drug-likeness (QED) is 0.783. The van der Waals surface area contributed by atoms with Crippen molar-refractivity contribution >= 4 is 5.91 Å². The third-order valence-electron chi connectivity index (χ3n) is 4.42. The van der Waals surface area contributed by atoms with E-state index in [0.29, 0.717) is 12.1 Å². The number of nitrogens with zero attached hydrogens (tertiary/aromatic N) is 3. The number of ether oxygens (including phenoxy) is 1. The topological polar surface area (TPSA) is 82.2 Å². The summed E-state index contributed by atoms with van der Waals surface area (Å²) in [6.07, 6.45) is 4.16. The van der Waals surface area contributed by atoms with Gasteiger partial charge in [0.25, 0.3) is 5.91 Å². The zero-order valence-electron chi connectivity index (χ0n) is 14.9. The summed E-state index contributed by atoms with van der Waals surface area (Å²) >= 11 is 0. The molecule has 1 atom stereocenters. The van der Waals surface area contributed by atoms with Gasteiger partial charge in [0.15, 0.2) is 0 Å². The van der Waals surface area contributed by atoms with Gasteiger partial charge in [0, 0.05) is 36.9 Å². The number of fused-ring (bicyclic) bond motifs is 1. The van der Waals surface area contributed by atoms with Gasteiger partial charge in [-0.25, -0.2) is 0 Å². The summed E-state index contributed by atoms with van der Waals surface area (Å²) in [6, 6.07) is 9.23. The lowest BCUT2D eigenvalue weighted by atomic mass is 9.89. The maximum absolute atomic E-state index is 12.7. The average molecular weight is 352 g/mol. The summed E-state index contributed by atoms with van der Waals surface area (Å²) in [4.78, 5) is 12.7. The summed E-state index contributed by atoms with van der Waals surface area (Å²) in [5, 5.41) is 11.1. The van der Waals surface area contributed by atoms with Crippen LogP contribution in [0.25, 0.3) is 11.3 Å². The lowest BCUT2D eigenvalue weighted by Crippen LogP contribution is -2.41. The second-order valence-electron chi connectivity index (χ2n) is 7.11. The summed E-state index contributed by atoms with van der Waals surface area (Å²) in [5.41, 5.74) is 1.98. The number of para-hydroxylation sites is 1. The first-order chi connectivity index (χ1) is 12.4. The number of carbonyl (C=O) groups is 1. The SMILES string of the molecule is Cn1cc(-c2cc(C(=O)N[C@@H]3CC(C)(C)Oc4ccccc43)on2)cn1. The maximum atomic E-state index is 12.7. The van der Waals surface area contributed by atoms with Gasteiger partial charge >= 0.3 is 0 Å². The molecular formula is C19H20N4O3. The van der Waals surface area contributed by atoms with E-state index < -0.39 is 0 Å². The van der Waals surface area contributed by atoms with Crippen molar-refractivity contribution < 1.29 is 14.1 Å². The molecule has 0 saturated heterocycles. The van der Waals surface area contributed by atoms with E-state index in [0.717, 1.165) is 16.9 Å². The Bertz CT molecular complexity index is 957. The van der Waals surface area contributed by atoms with Crippen molar-refractivity contribution in [1.82, 2.24) is 20.3 Å². The minimum absolute atomic E-state index is 0.158. The highest BCUT2D eigenvalue weighted by molar-refractivity contribution is 5.92. The molecule has 1 amide bonds. The second kappa shape index (κ2) is 6.01. The van der Waals surface area contributed by atoms with Gasteiger partial charge < -0.3 is 14.6 Å². The van der Waals surface area contributed by atoms with Crippen molar-refractivity contribution in [2.45, 2.75) is 31.9 Å². The third kappa shape index (κ3) is 3.08. The molecular weight excluding hydrogens is 332 g/mol. The largest absolute Gasteiger partial charge is 0.487 e. The fourth-order valence-electron chi connectivity index (χ4n) is 3.23. The van der Waals surface area contributed by atoms with E-state index in [1.54, 1.807) is 16.9 Å². The first kappa shape index (κ1) is 16.4. The fraction of sp³-hybridized carbons (Fsp3) is 0.316. The van der Waals surface area contributed by atoms with Crippen molar-refractivity contribution in [3.63, 3.8) is 0 Å². The smallest absolute Gasteiger partial charge is 0.290 e. The van der Waals surface area contributed by atoms with Crippen LogP contribution in [0.2, 0.25) is 0 Å². The predicted molar refractivity (Wildman–Crippen MR) is 94.7 cm³/mol. The van der Waals surface area contributed by atoms with Crippen LogP contribution in [0.5, 0.6) is 5.75 Å². The normalized spacial score (nSPS) is 18.0. The van der Waals surface area contributed by atoms with Crippen LogP contribution in [-0.2, 0) is 7.05 Å². The minimum atomic E-state index is -0.366. The predicted octanol–water partition coefficient (Wildman–Crippen LogP) is 3.11. The van der Waals surface area contributed by atoms with Gasteiger partial charge in [-0.05, 0) is 19.9 Å². The molecule has 1 aliphatic rings. The molecule has 0 spiro atoms. The number of amides is 1. The number of nitrogens with one attached hydrogen (secondary N) is 1.